The van der Waals surface area contributed by atoms with Gasteiger partial charge in [-0.15, -0.1) is 0 Å². The topological polar surface area (TPSA) is 45.7 Å². The van der Waals surface area contributed by atoms with Crippen LogP contribution in [0.2, 0.25) is 0 Å². The lowest BCUT2D eigenvalue weighted by Crippen LogP contribution is -2.42. The Balaban J connectivity index is 1.59. The highest BCUT2D eigenvalue weighted by Gasteiger charge is 2.24. The number of methoxy groups -OCH3 is 1. The van der Waals surface area contributed by atoms with E-state index in [4.69, 9.17) is 4.74 Å². The van der Waals surface area contributed by atoms with Crippen molar-refractivity contribution >= 4 is 28.5 Å². The van der Waals surface area contributed by atoms with Crippen molar-refractivity contribution < 1.29 is 4.74 Å². The van der Waals surface area contributed by atoms with Crippen molar-refractivity contribution in [2.75, 3.05) is 20.4 Å². The van der Waals surface area contributed by atoms with E-state index in [-0.39, 0.29) is 0 Å². The van der Waals surface area contributed by atoms with Gasteiger partial charge in [0.05, 0.1) is 7.11 Å². The lowest BCUT2D eigenvalue weighted by Gasteiger charge is -2.17. The molecular formula is C20H27N3OS. The van der Waals surface area contributed by atoms with E-state index >= 15 is 0 Å². The summed E-state index contributed by atoms with van der Waals surface area (Å²) in [6.45, 7) is 0.764. The van der Waals surface area contributed by atoms with Crippen LogP contribution >= 0.6 is 11.8 Å². The molecule has 2 aromatic carbocycles. The summed E-state index contributed by atoms with van der Waals surface area (Å²) in [4.78, 5) is 4.37. The number of aliphatic imine (C=N–C) groups is 1. The van der Waals surface area contributed by atoms with Gasteiger partial charge in [-0.2, -0.15) is 11.8 Å². The molecule has 1 aliphatic carbocycles. The molecule has 1 aliphatic rings. The van der Waals surface area contributed by atoms with E-state index < -0.39 is 0 Å². The molecule has 134 valence electrons. The monoisotopic (exact) mass is 357 g/mol. The third kappa shape index (κ3) is 4.60. The van der Waals surface area contributed by atoms with E-state index in [0.717, 1.165) is 23.5 Å². The molecule has 0 saturated heterocycles. The number of hydrogen-bond acceptors (Lipinski definition) is 3. The number of rotatable bonds is 5. The fourth-order valence-corrected chi connectivity index (χ4v) is 4.17. The molecule has 2 atom stereocenters. The molecule has 2 aromatic rings. The molecule has 0 aliphatic heterocycles. The summed E-state index contributed by atoms with van der Waals surface area (Å²) in [6, 6.07) is 13.2. The molecular weight excluding hydrogens is 330 g/mol. The van der Waals surface area contributed by atoms with Crippen LogP contribution in [-0.2, 0) is 6.54 Å². The molecule has 0 radical (unpaired) electrons. The summed E-state index contributed by atoms with van der Waals surface area (Å²) in [7, 11) is 3.53. The molecule has 2 N–H and O–H groups in total. The van der Waals surface area contributed by atoms with Gasteiger partial charge in [-0.25, -0.2) is 0 Å². The van der Waals surface area contributed by atoms with Crippen LogP contribution in [0.4, 0.5) is 0 Å². The van der Waals surface area contributed by atoms with E-state index in [1.807, 2.05) is 24.9 Å². The Morgan fingerprint density at radius 1 is 1.20 bits per heavy atom. The second kappa shape index (κ2) is 8.48. The predicted octanol–water partition coefficient (Wildman–Crippen LogP) is 3.80. The van der Waals surface area contributed by atoms with Crippen molar-refractivity contribution in [2.24, 2.45) is 4.99 Å². The van der Waals surface area contributed by atoms with E-state index in [2.05, 4.69) is 52.2 Å². The Kier molecular flexibility index (Phi) is 6.08. The Morgan fingerprint density at radius 2 is 2.00 bits per heavy atom. The van der Waals surface area contributed by atoms with Crippen LogP contribution in [0, 0.1) is 0 Å². The third-order valence-electron chi connectivity index (χ3n) is 4.85. The van der Waals surface area contributed by atoms with Gasteiger partial charge in [0.2, 0.25) is 0 Å². The lowest BCUT2D eigenvalue weighted by atomic mass is 10.1. The molecule has 2 unspecified atom stereocenters. The maximum Gasteiger partial charge on any atom is 0.191 e. The zero-order chi connectivity index (χ0) is 17.6. The fraction of sp³-hybridized carbons (Fsp3) is 0.450. The summed E-state index contributed by atoms with van der Waals surface area (Å²) < 4.78 is 5.29. The molecule has 1 fully saturated rings. The normalized spacial score (nSPS) is 20.7. The number of hydrogen-bond donors (Lipinski definition) is 2. The second-order valence-electron chi connectivity index (χ2n) is 6.49. The average Bonchev–Trinajstić information content (AvgIpc) is 3.12. The highest BCUT2D eigenvalue weighted by atomic mass is 32.2. The largest absolute Gasteiger partial charge is 0.497 e. The highest BCUT2D eigenvalue weighted by Crippen LogP contribution is 2.28. The third-order valence-corrected chi connectivity index (χ3v) is 5.95. The van der Waals surface area contributed by atoms with Crippen molar-refractivity contribution in [3.8, 4) is 5.75 Å². The summed E-state index contributed by atoms with van der Waals surface area (Å²) in [5.74, 6) is 1.78. The van der Waals surface area contributed by atoms with Crippen LogP contribution < -0.4 is 15.4 Å². The first-order valence-corrected chi connectivity index (χ1v) is 10.1. The highest BCUT2D eigenvalue weighted by molar-refractivity contribution is 7.99. The molecule has 5 heteroatoms. The van der Waals surface area contributed by atoms with Gasteiger partial charge in [0.15, 0.2) is 5.96 Å². The molecule has 1 saturated carbocycles. The Bertz CT molecular complexity index is 747. The van der Waals surface area contributed by atoms with Gasteiger partial charge in [-0.1, -0.05) is 18.2 Å². The molecule has 0 bridgehead atoms. The first-order valence-electron chi connectivity index (χ1n) is 8.78. The maximum atomic E-state index is 5.29. The number of ether oxygens (including phenoxy) is 1. The molecule has 0 heterocycles. The van der Waals surface area contributed by atoms with Crippen LogP contribution in [0.1, 0.15) is 24.8 Å². The van der Waals surface area contributed by atoms with Crippen LogP contribution in [-0.4, -0.2) is 37.7 Å². The predicted molar refractivity (Wildman–Crippen MR) is 109 cm³/mol. The smallest absolute Gasteiger partial charge is 0.191 e. The minimum atomic E-state index is 0.535. The zero-order valence-corrected chi connectivity index (χ0v) is 16.0. The first-order chi connectivity index (χ1) is 12.2. The van der Waals surface area contributed by atoms with Crippen molar-refractivity contribution in [3.05, 3.63) is 42.0 Å². The van der Waals surface area contributed by atoms with Crippen molar-refractivity contribution in [2.45, 2.75) is 37.1 Å². The number of nitrogens with zero attached hydrogens (tertiary/aromatic N) is 1. The Morgan fingerprint density at radius 3 is 2.72 bits per heavy atom. The molecule has 0 spiro atoms. The molecule has 25 heavy (non-hydrogen) atoms. The number of guanidine groups is 1. The van der Waals surface area contributed by atoms with Gasteiger partial charge in [-0.05, 0) is 60.1 Å². The van der Waals surface area contributed by atoms with Crippen molar-refractivity contribution in [3.63, 3.8) is 0 Å². The SMILES string of the molecule is CN=C(NCc1ccc2cc(OC)ccc2c1)NC1CCC(SC)C1. The Hall–Kier alpha value is -1.88. The minimum Gasteiger partial charge on any atom is -0.497 e. The zero-order valence-electron chi connectivity index (χ0n) is 15.2. The molecule has 4 nitrogen and oxygen atoms in total. The van der Waals surface area contributed by atoms with Crippen LogP contribution in [0.5, 0.6) is 5.75 Å². The number of benzene rings is 2. The number of nitrogens with one attached hydrogen (secondary N) is 2. The quantitative estimate of drug-likeness (QED) is 0.631. The summed E-state index contributed by atoms with van der Waals surface area (Å²) in [6.07, 6.45) is 5.95. The summed E-state index contributed by atoms with van der Waals surface area (Å²) in [5, 5.41) is 10.2. The first kappa shape index (κ1) is 17.9. The van der Waals surface area contributed by atoms with Crippen molar-refractivity contribution in [1.82, 2.24) is 10.6 Å². The van der Waals surface area contributed by atoms with Crippen molar-refractivity contribution in [1.29, 1.82) is 0 Å². The number of thioether (sulfide) groups is 1. The van der Waals surface area contributed by atoms with Gasteiger partial charge >= 0.3 is 0 Å². The van der Waals surface area contributed by atoms with E-state index in [1.165, 1.54) is 35.6 Å². The van der Waals surface area contributed by atoms with Gasteiger partial charge in [0.1, 0.15) is 5.75 Å². The fourth-order valence-electron chi connectivity index (χ4n) is 3.37. The Labute approximate surface area is 154 Å². The van der Waals surface area contributed by atoms with E-state index in [9.17, 15) is 0 Å². The number of fused-ring (bicyclic) bond motifs is 1. The van der Waals surface area contributed by atoms with Crippen LogP contribution in [0.15, 0.2) is 41.4 Å². The van der Waals surface area contributed by atoms with E-state index in [1.54, 1.807) is 7.11 Å². The minimum absolute atomic E-state index is 0.535. The van der Waals surface area contributed by atoms with Gasteiger partial charge in [0.25, 0.3) is 0 Å². The van der Waals surface area contributed by atoms with Gasteiger partial charge in [-0.3, -0.25) is 4.99 Å². The molecule has 0 aromatic heterocycles. The molecule has 0 amide bonds. The standard InChI is InChI=1S/C20H27N3OS/c1-21-20(23-17-7-9-19(12-17)25-3)22-13-14-4-5-16-11-18(24-2)8-6-15(16)10-14/h4-6,8,10-11,17,19H,7,9,12-13H2,1-3H3,(H2,21,22,23). The van der Waals surface area contributed by atoms with Gasteiger partial charge < -0.3 is 15.4 Å². The lowest BCUT2D eigenvalue weighted by molar-refractivity contribution is 0.415. The summed E-state index contributed by atoms with van der Waals surface area (Å²) >= 11 is 1.98. The average molecular weight is 358 g/mol. The second-order valence-corrected chi connectivity index (χ2v) is 7.62. The summed E-state index contributed by atoms with van der Waals surface area (Å²) in [5.41, 5.74) is 1.24. The molecule has 3 rings (SSSR count). The van der Waals surface area contributed by atoms with Crippen LogP contribution in [0.25, 0.3) is 10.8 Å². The van der Waals surface area contributed by atoms with E-state index in [0.29, 0.717) is 6.04 Å². The maximum absolute atomic E-state index is 5.29. The van der Waals surface area contributed by atoms with Crippen LogP contribution in [0.3, 0.4) is 0 Å². The van der Waals surface area contributed by atoms with Gasteiger partial charge in [0, 0.05) is 24.9 Å².